The quantitative estimate of drug-likeness (QED) is 0.735. The number of carbonyl (C=O) groups is 2. The standard InChI is InChI=1S/C16H28N2O4.ClH/c1-3-11-6-8-16(9-7-11,15(20)21-2)18-14(19)13-5-4-12(10-17)22-13;/h11-13H,3-10,17H2,1-2H3,(H,18,19);1H/t11?,12-,13+,16?;/m1./s1. The van der Waals surface area contributed by atoms with Gasteiger partial charge in [-0.2, -0.15) is 0 Å². The van der Waals surface area contributed by atoms with Gasteiger partial charge < -0.3 is 20.5 Å². The molecule has 1 aliphatic heterocycles. The highest BCUT2D eigenvalue weighted by Crippen LogP contribution is 2.35. The Morgan fingerprint density at radius 3 is 2.39 bits per heavy atom. The molecule has 0 bridgehead atoms. The molecule has 1 saturated heterocycles. The van der Waals surface area contributed by atoms with Gasteiger partial charge in [-0.3, -0.25) is 4.79 Å². The largest absolute Gasteiger partial charge is 0.467 e. The summed E-state index contributed by atoms with van der Waals surface area (Å²) in [6.45, 7) is 2.58. The molecule has 134 valence electrons. The molecular weight excluding hydrogens is 320 g/mol. The Labute approximate surface area is 144 Å². The summed E-state index contributed by atoms with van der Waals surface area (Å²) in [5.41, 5.74) is 4.69. The molecule has 0 aromatic rings. The topological polar surface area (TPSA) is 90.7 Å². The molecule has 0 aromatic heterocycles. The first kappa shape index (κ1) is 20.2. The zero-order valence-corrected chi connectivity index (χ0v) is 14.8. The highest BCUT2D eigenvalue weighted by atomic mass is 35.5. The number of rotatable bonds is 5. The van der Waals surface area contributed by atoms with Crippen LogP contribution >= 0.6 is 12.4 Å². The normalized spacial score (nSPS) is 33.6. The first-order valence-electron chi connectivity index (χ1n) is 8.30. The molecule has 0 unspecified atom stereocenters. The second kappa shape index (κ2) is 8.85. The molecular formula is C16H29ClN2O4. The maximum Gasteiger partial charge on any atom is 0.331 e. The Hall–Kier alpha value is -0.850. The third-order valence-electron chi connectivity index (χ3n) is 5.14. The molecule has 1 aliphatic carbocycles. The van der Waals surface area contributed by atoms with Gasteiger partial charge in [-0.05, 0) is 44.4 Å². The van der Waals surface area contributed by atoms with Crippen LogP contribution < -0.4 is 11.1 Å². The number of nitrogens with two attached hydrogens (primary N) is 1. The Bertz CT molecular complexity index is 411. The van der Waals surface area contributed by atoms with Crippen molar-refractivity contribution in [2.24, 2.45) is 11.7 Å². The van der Waals surface area contributed by atoms with E-state index in [1.807, 2.05) is 0 Å². The van der Waals surface area contributed by atoms with Crippen LogP contribution in [0.3, 0.4) is 0 Å². The number of carbonyl (C=O) groups excluding carboxylic acids is 2. The summed E-state index contributed by atoms with van der Waals surface area (Å²) in [5.74, 6) is 0.0686. The van der Waals surface area contributed by atoms with E-state index >= 15 is 0 Å². The Kier molecular flexibility index (Phi) is 7.77. The number of esters is 1. The summed E-state index contributed by atoms with van der Waals surface area (Å²) in [4.78, 5) is 24.7. The van der Waals surface area contributed by atoms with E-state index in [-0.39, 0.29) is 30.4 Å². The minimum atomic E-state index is -0.887. The number of methoxy groups -OCH3 is 1. The van der Waals surface area contributed by atoms with E-state index < -0.39 is 11.6 Å². The molecule has 2 rings (SSSR count). The molecule has 2 atom stereocenters. The molecule has 0 radical (unpaired) electrons. The van der Waals surface area contributed by atoms with Crippen LogP contribution in [0.25, 0.3) is 0 Å². The summed E-state index contributed by atoms with van der Waals surface area (Å²) in [6.07, 6.45) is 5.13. The maximum atomic E-state index is 12.5. The van der Waals surface area contributed by atoms with Crippen LogP contribution in [0.4, 0.5) is 0 Å². The summed E-state index contributed by atoms with van der Waals surface area (Å²) < 4.78 is 10.6. The predicted molar refractivity (Wildman–Crippen MR) is 89.3 cm³/mol. The molecule has 7 heteroatoms. The van der Waals surface area contributed by atoms with Crippen LogP contribution in [0.15, 0.2) is 0 Å². The fourth-order valence-corrected chi connectivity index (χ4v) is 3.54. The van der Waals surface area contributed by atoms with Gasteiger partial charge in [-0.25, -0.2) is 4.79 Å². The van der Waals surface area contributed by atoms with Gasteiger partial charge in [0.25, 0.3) is 0 Å². The first-order chi connectivity index (χ1) is 10.5. The van der Waals surface area contributed by atoms with Crippen molar-refractivity contribution in [3.63, 3.8) is 0 Å². The zero-order valence-electron chi connectivity index (χ0n) is 14.0. The van der Waals surface area contributed by atoms with Crippen LogP contribution in [-0.2, 0) is 19.1 Å². The first-order valence-corrected chi connectivity index (χ1v) is 8.30. The molecule has 0 aromatic carbocycles. The van der Waals surface area contributed by atoms with Crippen molar-refractivity contribution in [2.75, 3.05) is 13.7 Å². The average molecular weight is 349 g/mol. The number of nitrogens with one attached hydrogen (secondary N) is 1. The minimum Gasteiger partial charge on any atom is -0.467 e. The highest BCUT2D eigenvalue weighted by Gasteiger charge is 2.45. The van der Waals surface area contributed by atoms with Crippen molar-refractivity contribution in [2.45, 2.75) is 69.6 Å². The Morgan fingerprint density at radius 1 is 1.26 bits per heavy atom. The van der Waals surface area contributed by atoms with E-state index in [0.29, 0.717) is 31.7 Å². The van der Waals surface area contributed by atoms with Crippen LogP contribution in [0.1, 0.15) is 51.9 Å². The fourth-order valence-electron chi connectivity index (χ4n) is 3.54. The number of halogens is 1. The second-order valence-corrected chi connectivity index (χ2v) is 6.47. The van der Waals surface area contributed by atoms with Crippen LogP contribution in [-0.4, -0.2) is 43.3 Å². The summed E-state index contributed by atoms with van der Waals surface area (Å²) in [6, 6.07) is 0. The molecule has 2 fully saturated rings. The third-order valence-corrected chi connectivity index (χ3v) is 5.14. The van der Waals surface area contributed by atoms with Gasteiger partial charge >= 0.3 is 5.97 Å². The van der Waals surface area contributed by atoms with E-state index in [9.17, 15) is 9.59 Å². The number of hydrogen-bond acceptors (Lipinski definition) is 5. The number of ether oxygens (including phenoxy) is 2. The van der Waals surface area contributed by atoms with Gasteiger partial charge in [-0.1, -0.05) is 13.3 Å². The van der Waals surface area contributed by atoms with E-state index in [2.05, 4.69) is 12.2 Å². The smallest absolute Gasteiger partial charge is 0.331 e. The number of amides is 1. The molecule has 0 spiro atoms. The lowest BCUT2D eigenvalue weighted by atomic mass is 9.75. The van der Waals surface area contributed by atoms with Crippen molar-refractivity contribution in [3.05, 3.63) is 0 Å². The van der Waals surface area contributed by atoms with E-state index in [0.717, 1.165) is 25.7 Å². The molecule has 2 aliphatic rings. The van der Waals surface area contributed by atoms with Crippen molar-refractivity contribution in [1.29, 1.82) is 0 Å². The fraction of sp³-hybridized carbons (Fsp3) is 0.875. The monoisotopic (exact) mass is 348 g/mol. The molecule has 3 N–H and O–H groups in total. The Balaban J connectivity index is 0.00000264. The lowest BCUT2D eigenvalue weighted by molar-refractivity contribution is -0.155. The van der Waals surface area contributed by atoms with E-state index in [4.69, 9.17) is 15.2 Å². The van der Waals surface area contributed by atoms with Gasteiger partial charge in [0, 0.05) is 6.54 Å². The molecule has 1 saturated carbocycles. The van der Waals surface area contributed by atoms with Crippen molar-refractivity contribution in [3.8, 4) is 0 Å². The van der Waals surface area contributed by atoms with E-state index in [1.54, 1.807) is 0 Å². The molecule has 1 heterocycles. The molecule has 23 heavy (non-hydrogen) atoms. The van der Waals surface area contributed by atoms with E-state index in [1.165, 1.54) is 7.11 Å². The number of hydrogen-bond donors (Lipinski definition) is 2. The average Bonchev–Trinajstić information content (AvgIpc) is 3.04. The van der Waals surface area contributed by atoms with Crippen molar-refractivity contribution < 1.29 is 19.1 Å². The molecule has 6 nitrogen and oxygen atoms in total. The van der Waals surface area contributed by atoms with Crippen LogP contribution in [0.5, 0.6) is 0 Å². The van der Waals surface area contributed by atoms with Gasteiger partial charge in [0.1, 0.15) is 11.6 Å². The zero-order chi connectivity index (χ0) is 16.2. The van der Waals surface area contributed by atoms with Gasteiger partial charge in [-0.15, -0.1) is 12.4 Å². The summed E-state index contributed by atoms with van der Waals surface area (Å²) in [5, 5.41) is 2.94. The maximum absolute atomic E-state index is 12.5. The van der Waals surface area contributed by atoms with Gasteiger partial charge in [0.05, 0.1) is 13.2 Å². The SMILES string of the molecule is CCC1CCC(NC(=O)[C@@H]2CC[C@H](CN)O2)(C(=O)OC)CC1.Cl. The highest BCUT2D eigenvalue weighted by molar-refractivity contribution is 5.90. The third kappa shape index (κ3) is 4.58. The summed E-state index contributed by atoms with van der Waals surface area (Å²) >= 11 is 0. The second-order valence-electron chi connectivity index (χ2n) is 6.47. The lowest BCUT2D eigenvalue weighted by Crippen LogP contribution is -2.58. The van der Waals surface area contributed by atoms with Crippen LogP contribution in [0, 0.1) is 5.92 Å². The van der Waals surface area contributed by atoms with Crippen molar-refractivity contribution in [1.82, 2.24) is 5.32 Å². The Morgan fingerprint density at radius 2 is 1.91 bits per heavy atom. The lowest BCUT2D eigenvalue weighted by Gasteiger charge is -2.38. The minimum absolute atomic E-state index is 0. The van der Waals surface area contributed by atoms with Gasteiger partial charge in [0.2, 0.25) is 5.91 Å². The van der Waals surface area contributed by atoms with Crippen molar-refractivity contribution >= 4 is 24.3 Å². The summed E-state index contributed by atoms with van der Waals surface area (Å²) in [7, 11) is 1.37. The van der Waals surface area contributed by atoms with Crippen LogP contribution in [0.2, 0.25) is 0 Å². The van der Waals surface area contributed by atoms with Gasteiger partial charge in [0.15, 0.2) is 0 Å². The molecule has 1 amide bonds. The predicted octanol–water partition coefficient (Wildman–Crippen LogP) is 1.54.